The van der Waals surface area contributed by atoms with Gasteiger partial charge in [-0.3, -0.25) is 0 Å². The van der Waals surface area contributed by atoms with Crippen LogP contribution < -0.4 is 5.32 Å². The maximum atomic E-state index is 13.1. The first-order valence-corrected chi connectivity index (χ1v) is 11.3. The van der Waals surface area contributed by atoms with Crippen LogP contribution in [-0.4, -0.2) is 69.1 Å². The summed E-state index contributed by atoms with van der Waals surface area (Å²) in [4.78, 5) is 14.4. The predicted octanol–water partition coefficient (Wildman–Crippen LogP) is 1.94. The number of nitrogens with zero attached hydrogens (tertiary/aromatic N) is 2. The Hall–Kier alpha value is -2.36. The Morgan fingerprint density at radius 1 is 1.14 bits per heavy atom. The number of ether oxygens (including phenoxy) is 1. The summed E-state index contributed by atoms with van der Waals surface area (Å²) in [7, 11) is -3.59. The maximum absolute atomic E-state index is 13.1. The highest BCUT2D eigenvalue weighted by Crippen LogP contribution is 2.31. The van der Waals surface area contributed by atoms with Crippen molar-refractivity contribution in [3.05, 3.63) is 41.7 Å². The van der Waals surface area contributed by atoms with Crippen LogP contribution in [0.3, 0.4) is 0 Å². The number of carbonyl (C=O) groups excluding carboxylic acids is 1. The number of rotatable bonds is 4. The third kappa shape index (κ3) is 3.43. The normalized spacial score (nSPS) is 22.6. The van der Waals surface area contributed by atoms with E-state index in [0.717, 1.165) is 36.0 Å². The Balaban J connectivity index is 1.21. The van der Waals surface area contributed by atoms with E-state index >= 15 is 0 Å². The van der Waals surface area contributed by atoms with Gasteiger partial charge >= 0.3 is 6.03 Å². The zero-order chi connectivity index (χ0) is 20.0. The van der Waals surface area contributed by atoms with E-state index in [-0.39, 0.29) is 17.0 Å². The summed E-state index contributed by atoms with van der Waals surface area (Å²) in [6.45, 7) is 2.89. The molecule has 3 aliphatic rings. The standard InChI is InChI=1S/C20H23N3O5S/c24-20(21-9-17-2-1-6-27-17)22-10-15-12-23(13-16(15)11-22)29(25,26)18-3-4-19-14(8-18)5-7-28-19/h3-5,7-8,17H,1-2,6,9-13H2,(H,21,24). The molecule has 1 atom stereocenters. The van der Waals surface area contributed by atoms with Crippen LogP contribution in [0.5, 0.6) is 0 Å². The minimum absolute atomic E-state index is 0.106. The van der Waals surface area contributed by atoms with Crippen molar-refractivity contribution < 1.29 is 22.4 Å². The number of carbonyl (C=O) groups is 1. The van der Waals surface area contributed by atoms with E-state index in [1.807, 2.05) is 0 Å². The Morgan fingerprint density at radius 3 is 2.66 bits per heavy atom. The number of fused-ring (bicyclic) bond motifs is 1. The van der Waals surface area contributed by atoms with E-state index in [1.54, 1.807) is 35.4 Å². The van der Waals surface area contributed by atoms with E-state index in [0.29, 0.717) is 38.3 Å². The van der Waals surface area contributed by atoms with Crippen molar-refractivity contribution in [2.45, 2.75) is 23.8 Å². The predicted molar refractivity (Wildman–Crippen MR) is 106 cm³/mol. The number of benzene rings is 1. The van der Waals surface area contributed by atoms with Crippen molar-refractivity contribution in [2.24, 2.45) is 0 Å². The summed E-state index contributed by atoms with van der Waals surface area (Å²) in [5.74, 6) is 0. The van der Waals surface area contributed by atoms with Gasteiger partial charge in [0.05, 0.1) is 17.3 Å². The summed E-state index contributed by atoms with van der Waals surface area (Å²) in [6.07, 6.45) is 3.67. The van der Waals surface area contributed by atoms with E-state index in [9.17, 15) is 13.2 Å². The highest BCUT2D eigenvalue weighted by Gasteiger charge is 2.37. The van der Waals surface area contributed by atoms with Gasteiger partial charge in [0.25, 0.3) is 0 Å². The van der Waals surface area contributed by atoms with Crippen LogP contribution in [0.1, 0.15) is 12.8 Å². The van der Waals surface area contributed by atoms with Crippen LogP contribution in [0.4, 0.5) is 4.79 Å². The van der Waals surface area contributed by atoms with Crippen molar-refractivity contribution in [3.63, 3.8) is 0 Å². The maximum Gasteiger partial charge on any atom is 0.318 e. The van der Waals surface area contributed by atoms with E-state index in [1.165, 1.54) is 4.31 Å². The highest BCUT2D eigenvalue weighted by molar-refractivity contribution is 7.89. The number of sulfonamides is 1. The summed E-state index contributed by atoms with van der Waals surface area (Å²) >= 11 is 0. The fourth-order valence-corrected chi connectivity index (χ4v) is 5.70. The Kier molecular flexibility index (Phi) is 4.60. The van der Waals surface area contributed by atoms with E-state index in [2.05, 4.69) is 5.32 Å². The third-order valence-electron chi connectivity index (χ3n) is 5.85. The van der Waals surface area contributed by atoms with E-state index in [4.69, 9.17) is 9.15 Å². The molecule has 0 bridgehead atoms. The van der Waals surface area contributed by atoms with Gasteiger partial charge in [-0.2, -0.15) is 4.31 Å². The number of urea groups is 1. The zero-order valence-corrected chi connectivity index (χ0v) is 16.8. The first-order chi connectivity index (χ1) is 14.0. The average Bonchev–Trinajstić information content (AvgIpc) is 3.48. The molecule has 1 saturated heterocycles. The number of hydrogen-bond acceptors (Lipinski definition) is 5. The lowest BCUT2D eigenvalue weighted by Crippen LogP contribution is -2.43. The molecule has 0 radical (unpaired) electrons. The minimum atomic E-state index is -3.59. The van der Waals surface area contributed by atoms with Gasteiger partial charge in [0.15, 0.2) is 0 Å². The van der Waals surface area contributed by atoms with Crippen LogP contribution >= 0.6 is 0 Å². The molecule has 0 spiro atoms. The first kappa shape index (κ1) is 18.7. The SMILES string of the molecule is O=C(NCC1CCCO1)N1CC2=C(C1)CN(S(=O)(=O)c1ccc3occc3c1)C2. The van der Waals surface area contributed by atoms with Crippen molar-refractivity contribution in [1.82, 2.24) is 14.5 Å². The van der Waals surface area contributed by atoms with Crippen molar-refractivity contribution in [1.29, 1.82) is 0 Å². The topological polar surface area (TPSA) is 92.1 Å². The molecule has 1 unspecified atom stereocenters. The molecule has 0 aliphatic carbocycles. The molecule has 154 valence electrons. The fourth-order valence-electron chi connectivity index (χ4n) is 4.23. The summed E-state index contributed by atoms with van der Waals surface area (Å²) in [5, 5.41) is 3.70. The van der Waals surface area contributed by atoms with Crippen LogP contribution in [0.2, 0.25) is 0 Å². The molecule has 2 amide bonds. The third-order valence-corrected chi connectivity index (χ3v) is 7.64. The lowest BCUT2D eigenvalue weighted by atomic mass is 10.2. The van der Waals surface area contributed by atoms with Gasteiger partial charge in [-0.15, -0.1) is 0 Å². The molecular formula is C20H23N3O5S. The molecule has 9 heteroatoms. The van der Waals surface area contributed by atoms with Gasteiger partial charge in [-0.1, -0.05) is 0 Å². The smallest absolute Gasteiger partial charge is 0.318 e. The average molecular weight is 417 g/mol. The molecule has 5 rings (SSSR count). The molecule has 4 heterocycles. The number of hydrogen-bond donors (Lipinski definition) is 1. The molecule has 2 aromatic rings. The van der Waals surface area contributed by atoms with Gasteiger partial charge in [0.1, 0.15) is 5.58 Å². The second-order valence-electron chi connectivity index (χ2n) is 7.78. The minimum Gasteiger partial charge on any atom is -0.464 e. The fraction of sp³-hybridized carbons (Fsp3) is 0.450. The number of furan rings is 1. The largest absolute Gasteiger partial charge is 0.464 e. The molecular weight excluding hydrogens is 394 g/mol. The van der Waals surface area contributed by atoms with Gasteiger partial charge < -0.3 is 19.4 Å². The lowest BCUT2D eigenvalue weighted by Gasteiger charge is -2.23. The number of amides is 2. The monoisotopic (exact) mass is 417 g/mol. The molecule has 29 heavy (non-hydrogen) atoms. The molecule has 1 aromatic carbocycles. The highest BCUT2D eigenvalue weighted by atomic mass is 32.2. The second-order valence-corrected chi connectivity index (χ2v) is 9.72. The number of nitrogens with one attached hydrogen (secondary N) is 1. The molecule has 3 aliphatic heterocycles. The molecule has 8 nitrogen and oxygen atoms in total. The summed E-state index contributed by atoms with van der Waals surface area (Å²) in [6, 6.07) is 6.54. The van der Waals surface area contributed by atoms with Crippen LogP contribution in [0.25, 0.3) is 11.0 Å². The van der Waals surface area contributed by atoms with Crippen molar-refractivity contribution >= 4 is 27.0 Å². The molecule has 1 fully saturated rings. The van der Waals surface area contributed by atoms with Gasteiger partial charge in [-0.05, 0) is 48.3 Å². The molecule has 0 saturated carbocycles. The van der Waals surface area contributed by atoms with Crippen LogP contribution in [-0.2, 0) is 14.8 Å². The summed E-state index contributed by atoms with van der Waals surface area (Å²) < 4.78 is 38.4. The Morgan fingerprint density at radius 2 is 1.93 bits per heavy atom. The van der Waals surface area contributed by atoms with E-state index < -0.39 is 10.0 Å². The van der Waals surface area contributed by atoms with Gasteiger partial charge in [-0.25, -0.2) is 13.2 Å². The quantitative estimate of drug-likeness (QED) is 0.768. The van der Waals surface area contributed by atoms with Crippen molar-refractivity contribution in [2.75, 3.05) is 39.3 Å². The molecule has 1 N–H and O–H groups in total. The van der Waals surface area contributed by atoms with Gasteiger partial charge in [0.2, 0.25) is 10.0 Å². The second kappa shape index (κ2) is 7.16. The van der Waals surface area contributed by atoms with Crippen LogP contribution in [0.15, 0.2) is 51.0 Å². The van der Waals surface area contributed by atoms with Gasteiger partial charge in [0, 0.05) is 44.7 Å². The first-order valence-electron chi connectivity index (χ1n) is 9.82. The summed E-state index contributed by atoms with van der Waals surface area (Å²) in [5.41, 5.74) is 2.70. The lowest BCUT2D eigenvalue weighted by molar-refractivity contribution is 0.109. The van der Waals surface area contributed by atoms with Crippen molar-refractivity contribution in [3.8, 4) is 0 Å². The molecule has 1 aromatic heterocycles. The van der Waals surface area contributed by atoms with Crippen LogP contribution in [0, 0.1) is 0 Å². The Labute approximate surface area is 169 Å². The zero-order valence-electron chi connectivity index (χ0n) is 16.0. The Bertz CT molecular complexity index is 1070.